The van der Waals surface area contributed by atoms with E-state index in [0.717, 1.165) is 32.5 Å². The maximum absolute atomic E-state index is 12.2. The molecule has 1 N–H and O–H groups in total. The Labute approximate surface area is 114 Å². The summed E-state index contributed by atoms with van der Waals surface area (Å²) in [4.78, 5) is 2.59. The predicted molar refractivity (Wildman–Crippen MR) is 73.4 cm³/mol. The van der Waals surface area contributed by atoms with Crippen molar-refractivity contribution in [1.82, 2.24) is 19.4 Å². The molecule has 0 unspecified atom stereocenters. The van der Waals surface area contributed by atoms with E-state index in [0.29, 0.717) is 6.54 Å². The third-order valence-corrected chi connectivity index (χ3v) is 5.08. The molecular formula is C12H22N4O2S. The Balaban J connectivity index is 1.98. The van der Waals surface area contributed by atoms with Gasteiger partial charge in [0.2, 0.25) is 10.0 Å². The SMILES string of the molecule is CCN1CCC(NS(=O)(=O)c2cnn(CC)c2)CC1. The van der Waals surface area contributed by atoms with Gasteiger partial charge in [-0.3, -0.25) is 4.68 Å². The van der Waals surface area contributed by atoms with Crippen molar-refractivity contribution in [1.29, 1.82) is 0 Å². The number of aryl methyl sites for hydroxylation is 1. The lowest BCUT2D eigenvalue weighted by molar-refractivity contribution is 0.217. The minimum absolute atomic E-state index is 0.0396. The number of hydrogen-bond donors (Lipinski definition) is 1. The molecule has 1 saturated heterocycles. The highest BCUT2D eigenvalue weighted by molar-refractivity contribution is 7.89. The molecule has 0 aromatic carbocycles. The number of nitrogens with zero attached hydrogens (tertiary/aromatic N) is 3. The van der Waals surface area contributed by atoms with E-state index in [1.54, 1.807) is 10.9 Å². The maximum atomic E-state index is 12.2. The Bertz CT molecular complexity index is 504. The number of piperidine rings is 1. The van der Waals surface area contributed by atoms with Crippen molar-refractivity contribution in [3.05, 3.63) is 12.4 Å². The van der Waals surface area contributed by atoms with Crippen LogP contribution in [0.5, 0.6) is 0 Å². The first-order valence-corrected chi connectivity index (χ1v) is 8.30. The lowest BCUT2D eigenvalue weighted by Crippen LogP contribution is -2.44. The lowest BCUT2D eigenvalue weighted by Gasteiger charge is -2.31. The Kier molecular flexibility index (Phi) is 4.59. The van der Waals surface area contributed by atoms with Gasteiger partial charge >= 0.3 is 0 Å². The second kappa shape index (κ2) is 6.02. The molecular weight excluding hydrogens is 264 g/mol. The zero-order valence-corrected chi connectivity index (χ0v) is 12.4. The number of nitrogens with one attached hydrogen (secondary N) is 1. The molecule has 0 amide bonds. The zero-order valence-electron chi connectivity index (χ0n) is 11.5. The molecule has 0 atom stereocenters. The Morgan fingerprint density at radius 3 is 2.53 bits per heavy atom. The summed E-state index contributed by atoms with van der Waals surface area (Å²) in [6.07, 6.45) is 4.72. The van der Waals surface area contributed by atoms with Gasteiger partial charge in [0.25, 0.3) is 0 Å². The Morgan fingerprint density at radius 1 is 1.32 bits per heavy atom. The summed E-state index contributed by atoms with van der Waals surface area (Å²) in [6.45, 7) is 7.67. The summed E-state index contributed by atoms with van der Waals surface area (Å²) in [5, 5.41) is 4.01. The molecule has 1 aromatic heterocycles. The van der Waals surface area contributed by atoms with Gasteiger partial charge in [-0.15, -0.1) is 0 Å². The van der Waals surface area contributed by atoms with Gasteiger partial charge in [0.15, 0.2) is 0 Å². The minimum atomic E-state index is -3.43. The van der Waals surface area contributed by atoms with E-state index in [2.05, 4.69) is 21.6 Å². The van der Waals surface area contributed by atoms with Crippen LogP contribution in [-0.4, -0.2) is 48.8 Å². The van der Waals surface area contributed by atoms with Crippen LogP contribution in [0.15, 0.2) is 17.3 Å². The smallest absolute Gasteiger partial charge is 0.243 e. The molecule has 6 nitrogen and oxygen atoms in total. The van der Waals surface area contributed by atoms with Gasteiger partial charge < -0.3 is 4.90 Å². The normalized spacial score (nSPS) is 18.8. The summed E-state index contributed by atoms with van der Waals surface area (Å²) in [5.74, 6) is 0. The van der Waals surface area contributed by atoms with Crippen molar-refractivity contribution in [2.75, 3.05) is 19.6 Å². The topological polar surface area (TPSA) is 67.2 Å². The van der Waals surface area contributed by atoms with Crippen LogP contribution in [0.2, 0.25) is 0 Å². The number of aromatic nitrogens is 2. The van der Waals surface area contributed by atoms with Crippen LogP contribution in [0, 0.1) is 0 Å². The highest BCUT2D eigenvalue weighted by Crippen LogP contribution is 2.14. The van der Waals surface area contributed by atoms with Crippen LogP contribution in [0.4, 0.5) is 0 Å². The van der Waals surface area contributed by atoms with E-state index in [1.807, 2.05) is 6.92 Å². The molecule has 0 aliphatic carbocycles. The summed E-state index contributed by atoms with van der Waals surface area (Å²) in [5.41, 5.74) is 0. The maximum Gasteiger partial charge on any atom is 0.243 e. The van der Waals surface area contributed by atoms with Gasteiger partial charge in [-0.25, -0.2) is 13.1 Å². The molecule has 0 spiro atoms. The molecule has 1 fully saturated rings. The van der Waals surface area contributed by atoms with E-state index in [-0.39, 0.29) is 10.9 Å². The van der Waals surface area contributed by atoms with Crippen LogP contribution in [-0.2, 0) is 16.6 Å². The van der Waals surface area contributed by atoms with Crippen molar-refractivity contribution < 1.29 is 8.42 Å². The fourth-order valence-electron chi connectivity index (χ4n) is 2.31. The van der Waals surface area contributed by atoms with Crippen molar-refractivity contribution in [2.45, 2.75) is 44.2 Å². The van der Waals surface area contributed by atoms with Crippen LogP contribution in [0.3, 0.4) is 0 Å². The first-order valence-electron chi connectivity index (χ1n) is 6.82. The molecule has 1 aliphatic heterocycles. The van der Waals surface area contributed by atoms with E-state index < -0.39 is 10.0 Å². The Morgan fingerprint density at radius 2 is 2.00 bits per heavy atom. The lowest BCUT2D eigenvalue weighted by atomic mass is 10.1. The number of hydrogen-bond acceptors (Lipinski definition) is 4. The molecule has 0 saturated carbocycles. The van der Waals surface area contributed by atoms with Crippen molar-refractivity contribution in [3.63, 3.8) is 0 Å². The summed E-state index contributed by atoms with van der Waals surface area (Å²) in [7, 11) is -3.43. The number of sulfonamides is 1. The van der Waals surface area contributed by atoms with Crippen LogP contribution in [0.25, 0.3) is 0 Å². The van der Waals surface area contributed by atoms with Crippen molar-refractivity contribution in [3.8, 4) is 0 Å². The Hall–Kier alpha value is -0.920. The van der Waals surface area contributed by atoms with Crippen molar-refractivity contribution in [2.24, 2.45) is 0 Å². The first-order chi connectivity index (χ1) is 9.05. The summed E-state index contributed by atoms with van der Waals surface area (Å²) >= 11 is 0. The van der Waals surface area contributed by atoms with Crippen LogP contribution < -0.4 is 4.72 Å². The molecule has 0 radical (unpaired) electrons. The van der Waals surface area contributed by atoms with Gasteiger partial charge in [0.1, 0.15) is 4.90 Å². The van der Waals surface area contributed by atoms with Crippen molar-refractivity contribution >= 4 is 10.0 Å². The van der Waals surface area contributed by atoms with E-state index in [4.69, 9.17) is 0 Å². The zero-order chi connectivity index (χ0) is 13.9. The molecule has 2 rings (SSSR count). The predicted octanol–water partition coefficient (Wildman–Crippen LogP) is 0.666. The first kappa shape index (κ1) is 14.5. The quantitative estimate of drug-likeness (QED) is 0.864. The van der Waals surface area contributed by atoms with E-state index in [9.17, 15) is 8.42 Å². The average Bonchev–Trinajstić information content (AvgIpc) is 2.89. The summed E-state index contributed by atoms with van der Waals surface area (Å²) < 4.78 is 28.8. The van der Waals surface area contributed by atoms with Gasteiger partial charge in [-0.2, -0.15) is 5.10 Å². The van der Waals surface area contributed by atoms with E-state index >= 15 is 0 Å². The third-order valence-electron chi connectivity index (χ3n) is 3.60. The molecule has 1 aromatic rings. The third kappa shape index (κ3) is 3.55. The second-order valence-corrected chi connectivity index (χ2v) is 6.58. The summed E-state index contributed by atoms with van der Waals surface area (Å²) in [6, 6.07) is 0.0396. The fraction of sp³-hybridized carbons (Fsp3) is 0.750. The molecule has 2 heterocycles. The van der Waals surface area contributed by atoms with Gasteiger partial charge in [0, 0.05) is 18.8 Å². The largest absolute Gasteiger partial charge is 0.303 e. The fourth-order valence-corrected chi connectivity index (χ4v) is 3.57. The monoisotopic (exact) mass is 286 g/mol. The van der Waals surface area contributed by atoms with Gasteiger partial charge in [-0.1, -0.05) is 6.92 Å². The molecule has 19 heavy (non-hydrogen) atoms. The number of rotatable bonds is 5. The molecule has 1 aliphatic rings. The number of likely N-dealkylation sites (tertiary alicyclic amines) is 1. The van der Waals surface area contributed by atoms with Crippen LogP contribution >= 0.6 is 0 Å². The highest BCUT2D eigenvalue weighted by Gasteiger charge is 2.24. The molecule has 7 heteroatoms. The highest BCUT2D eigenvalue weighted by atomic mass is 32.2. The van der Waals surface area contributed by atoms with Crippen LogP contribution in [0.1, 0.15) is 26.7 Å². The second-order valence-electron chi connectivity index (χ2n) is 4.86. The van der Waals surface area contributed by atoms with Gasteiger partial charge in [-0.05, 0) is 39.4 Å². The minimum Gasteiger partial charge on any atom is -0.303 e. The standard InChI is InChI=1S/C12H22N4O2S/c1-3-15-7-5-11(6-8-15)14-19(17,18)12-9-13-16(4-2)10-12/h9-11,14H,3-8H2,1-2H3. The average molecular weight is 286 g/mol. The van der Waals surface area contributed by atoms with Gasteiger partial charge in [0.05, 0.1) is 6.20 Å². The van der Waals surface area contributed by atoms with E-state index in [1.165, 1.54) is 6.20 Å². The molecule has 0 bridgehead atoms. The molecule has 108 valence electrons.